The molecule has 156 valence electrons. The fraction of sp³-hybridized carbons (Fsp3) is 0.182. The van der Waals surface area contributed by atoms with Crippen molar-refractivity contribution in [3.05, 3.63) is 63.6 Å². The molecule has 4 aromatic heterocycles. The van der Waals surface area contributed by atoms with E-state index in [1.54, 1.807) is 39.3 Å². The molecule has 8 nitrogen and oxygen atoms in total. The molecule has 0 aliphatic heterocycles. The lowest BCUT2D eigenvalue weighted by Crippen LogP contribution is -2.21. The van der Waals surface area contributed by atoms with Crippen LogP contribution in [0.25, 0.3) is 38.8 Å². The van der Waals surface area contributed by atoms with Gasteiger partial charge in [-0.3, -0.25) is 18.8 Å². The van der Waals surface area contributed by atoms with Gasteiger partial charge in [0, 0.05) is 31.2 Å². The van der Waals surface area contributed by atoms with Crippen molar-refractivity contribution in [2.45, 2.75) is 13.8 Å². The standard InChI is InChI=1S/C22H20ClN7O/c1-11-19(12(2)29(4)27-11)30-20-15-7-13(14-8-16(23)21(24)26-9-14)5-6-17(15)25-10-18(20)28(3)22(30)31/h5-10H,1-4H3,(H2,24,26). The first-order valence-electron chi connectivity index (χ1n) is 9.70. The Labute approximate surface area is 182 Å². The molecule has 0 aliphatic carbocycles. The molecule has 31 heavy (non-hydrogen) atoms. The lowest BCUT2D eigenvalue weighted by Gasteiger charge is -2.09. The highest BCUT2D eigenvalue weighted by molar-refractivity contribution is 6.33. The van der Waals surface area contributed by atoms with Crippen molar-refractivity contribution in [1.82, 2.24) is 28.9 Å². The topological polar surface area (TPSA) is 96.5 Å². The van der Waals surface area contributed by atoms with Crippen LogP contribution in [0.3, 0.4) is 0 Å². The molecule has 0 saturated carbocycles. The Morgan fingerprint density at radius 2 is 1.81 bits per heavy atom. The van der Waals surface area contributed by atoms with Crippen molar-refractivity contribution in [3.8, 4) is 16.8 Å². The molecule has 0 saturated heterocycles. The number of halogens is 1. The maximum absolute atomic E-state index is 13.3. The summed E-state index contributed by atoms with van der Waals surface area (Å²) in [5.41, 5.74) is 12.1. The molecular formula is C22H20ClN7O. The highest BCUT2D eigenvalue weighted by Gasteiger charge is 2.21. The van der Waals surface area contributed by atoms with E-state index in [1.807, 2.05) is 39.1 Å². The number of hydrogen-bond acceptors (Lipinski definition) is 5. The predicted molar refractivity (Wildman–Crippen MR) is 123 cm³/mol. The number of aryl methyl sites for hydroxylation is 3. The zero-order valence-corrected chi connectivity index (χ0v) is 18.3. The Morgan fingerprint density at radius 1 is 1.03 bits per heavy atom. The van der Waals surface area contributed by atoms with Crippen LogP contribution in [0, 0.1) is 13.8 Å². The number of nitrogens with zero attached hydrogens (tertiary/aromatic N) is 6. The first kappa shape index (κ1) is 19.3. The van der Waals surface area contributed by atoms with Crippen LogP contribution in [0.4, 0.5) is 5.82 Å². The van der Waals surface area contributed by atoms with Gasteiger partial charge in [0.25, 0.3) is 0 Å². The molecule has 0 radical (unpaired) electrons. The Kier molecular flexibility index (Phi) is 4.16. The average Bonchev–Trinajstić information content (AvgIpc) is 3.15. The molecule has 5 aromatic rings. The number of hydrogen-bond donors (Lipinski definition) is 1. The number of nitrogen functional groups attached to an aromatic ring is 1. The van der Waals surface area contributed by atoms with Crippen LogP contribution in [-0.2, 0) is 14.1 Å². The summed E-state index contributed by atoms with van der Waals surface area (Å²) >= 11 is 6.19. The van der Waals surface area contributed by atoms with Crippen LogP contribution in [0.5, 0.6) is 0 Å². The van der Waals surface area contributed by atoms with Crippen molar-refractivity contribution in [2.24, 2.45) is 14.1 Å². The summed E-state index contributed by atoms with van der Waals surface area (Å²) in [6.45, 7) is 3.86. The SMILES string of the molecule is Cc1nn(C)c(C)c1-n1c(=O)n(C)c2cnc3ccc(-c4cnc(N)c(Cl)c4)cc3c21. The molecule has 0 bridgehead atoms. The quantitative estimate of drug-likeness (QED) is 0.459. The van der Waals surface area contributed by atoms with Crippen molar-refractivity contribution >= 4 is 39.4 Å². The minimum Gasteiger partial charge on any atom is -0.382 e. The summed E-state index contributed by atoms with van der Waals surface area (Å²) < 4.78 is 5.13. The molecule has 9 heteroatoms. The first-order chi connectivity index (χ1) is 14.8. The summed E-state index contributed by atoms with van der Waals surface area (Å²) in [5, 5.41) is 5.75. The van der Waals surface area contributed by atoms with Gasteiger partial charge in [0.05, 0.1) is 44.8 Å². The summed E-state index contributed by atoms with van der Waals surface area (Å²) in [4.78, 5) is 22.0. The molecule has 0 atom stereocenters. The molecule has 0 spiro atoms. The predicted octanol–water partition coefficient (Wildman–Crippen LogP) is 3.53. The fourth-order valence-electron chi connectivity index (χ4n) is 4.08. The van der Waals surface area contributed by atoms with E-state index >= 15 is 0 Å². The van der Waals surface area contributed by atoms with Crippen molar-refractivity contribution in [2.75, 3.05) is 5.73 Å². The number of aromatic nitrogens is 6. The number of benzene rings is 1. The lowest BCUT2D eigenvalue weighted by atomic mass is 10.0. The second kappa shape index (κ2) is 6.68. The number of nitrogens with two attached hydrogens (primary N) is 1. The maximum Gasteiger partial charge on any atom is 0.333 e. The van der Waals surface area contributed by atoms with Gasteiger partial charge in [-0.05, 0) is 37.6 Å². The minimum absolute atomic E-state index is 0.147. The third-order valence-corrected chi connectivity index (χ3v) is 6.08. The Balaban J connectivity index is 1.90. The van der Waals surface area contributed by atoms with E-state index in [4.69, 9.17) is 17.3 Å². The molecule has 0 unspecified atom stereocenters. The Morgan fingerprint density at radius 3 is 2.48 bits per heavy atom. The Bertz CT molecular complexity index is 1580. The van der Waals surface area contributed by atoms with E-state index in [2.05, 4.69) is 15.1 Å². The van der Waals surface area contributed by atoms with Gasteiger partial charge in [0.1, 0.15) is 5.82 Å². The molecule has 1 aromatic carbocycles. The first-order valence-corrected chi connectivity index (χ1v) is 10.1. The van der Waals surface area contributed by atoms with Crippen LogP contribution >= 0.6 is 11.6 Å². The molecule has 2 N–H and O–H groups in total. The van der Waals surface area contributed by atoms with E-state index in [-0.39, 0.29) is 11.5 Å². The van der Waals surface area contributed by atoms with Crippen LogP contribution in [0.15, 0.2) is 41.5 Å². The van der Waals surface area contributed by atoms with Crippen LogP contribution in [0.2, 0.25) is 5.02 Å². The third kappa shape index (κ3) is 2.75. The second-order valence-corrected chi connectivity index (χ2v) is 8.04. The van der Waals surface area contributed by atoms with Crippen LogP contribution in [-0.4, -0.2) is 28.9 Å². The third-order valence-electron chi connectivity index (χ3n) is 5.78. The van der Waals surface area contributed by atoms with Crippen molar-refractivity contribution < 1.29 is 0 Å². The van der Waals surface area contributed by atoms with E-state index in [1.165, 1.54) is 0 Å². The molecule has 5 rings (SSSR count). The fourth-order valence-corrected chi connectivity index (χ4v) is 4.24. The van der Waals surface area contributed by atoms with E-state index < -0.39 is 0 Å². The Hall–Kier alpha value is -3.65. The second-order valence-electron chi connectivity index (χ2n) is 7.64. The zero-order valence-electron chi connectivity index (χ0n) is 17.5. The summed E-state index contributed by atoms with van der Waals surface area (Å²) in [7, 11) is 3.63. The normalized spacial score (nSPS) is 11.6. The lowest BCUT2D eigenvalue weighted by molar-refractivity contribution is 0.730. The van der Waals surface area contributed by atoms with Gasteiger partial charge < -0.3 is 5.73 Å². The highest BCUT2D eigenvalue weighted by Crippen LogP contribution is 2.32. The maximum atomic E-state index is 13.3. The zero-order chi connectivity index (χ0) is 22.0. The molecule has 4 heterocycles. The van der Waals surface area contributed by atoms with Gasteiger partial charge in [-0.1, -0.05) is 17.7 Å². The monoisotopic (exact) mass is 433 g/mol. The van der Waals surface area contributed by atoms with E-state index in [0.717, 1.165) is 50.1 Å². The molecule has 0 amide bonds. The van der Waals surface area contributed by atoms with Gasteiger partial charge in [-0.15, -0.1) is 0 Å². The summed E-state index contributed by atoms with van der Waals surface area (Å²) in [5.74, 6) is 0.287. The number of rotatable bonds is 2. The molecule has 0 aliphatic rings. The van der Waals surface area contributed by atoms with Gasteiger partial charge in [-0.2, -0.15) is 5.10 Å². The van der Waals surface area contributed by atoms with Gasteiger partial charge in [0.2, 0.25) is 0 Å². The van der Waals surface area contributed by atoms with Gasteiger partial charge in [0.15, 0.2) is 0 Å². The highest BCUT2D eigenvalue weighted by atomic mass is 35.5. The van der Waals surface area contributed by atoms with E-state index in [0.29, 0.717) is 5.02 Å². The number of imidazole rings is 1. The van der Waals surface area contributed by atoms with Gasteiger partial charge >= 0.3 is 5.69 Å². The molecule has 0 fully saturated rings. The summed E-state index contributed by atoms with van der Waals surface area (Å²) in [6, 6.07) is 7.67. The van der Waals surface area contributed by atoms with Gasteiger partial charge in [-0.25, -0.2) is 9.78 Å². The minimum atomic E-state index is -0.147. The molecular weight excluding hydrogens is 414 g/mol. The van der Waals surface area contributed by atoms with Crippen LogP contribution < -0.4 is 11.4 Å². The summed E-state index contributed by atoms with van der Waals surface area (Å²) in [6.07, 6.45) is 3.42. The van der Waals surface area contributed by atoms with E-state index in [9.17, 15) is 4.79 Å². The smallest absolute Gasteiger partial charge is 0.333 e. The van der Waals surface area contributed by atoms with Crippen molar-refractivity contribution in [3.63, 3.8) is 0 Å². The van der Waals surface area contributed by atoms with Crippen LogP contribution in [0.1, 0.15) is 11.4 Å². The van der Waals surface area contributed by atoms with Crippen molar-refractivity contribution in [1.29, 1.82) is 0 Å². The number of anilines is 1. The largest absolute Gasteiger partial charge is 0.382 e. The number of pyridine rings is 2. The average molecular weight is 434 g/mol. The number of fused-ring (bicyclic) bond motifs is 3.